The highest BCUT2D eigenvalue weighted by molar-refractivity contribution is 7.11. The van der Waals surface area contributed by atoms with Crippen molar-refractivity contribution in [2.75, 3.05) is 6.54 Å². The third kappa shape index (κ3) is 6.16. The van der Waals surface area contributed by atoms with E-state index in [9.17, 15) is 8.78 Å². The van der Waals surface area contributed by atoms with Crippen LogP contribution in [0.25, 0.3) is 0 Å². The van der Waals surface area contributed by atoms with Crippen LogP contribution in [0.2, 0.25) is 0 Å². The maximum absolute atomic E-state index is 12.3. The summed E-state index contributed by atoms with van der Waals surface area (Å²) in [4.78, 5) is 6.98. The number of thiophene rings is 1. The molecule has 0 atom stereocenters. The summed E-state index contributed by atoms with van der Waals surface area (Å²) in [6.45, 7) is 3.05. The number of aliphatic imine (C=N–C) groups is 1. The molecule has 0 unspecified atom stereocenters. The summed E-state index contributed by atoms with van der Waals surface area (Å²) in [6.07, 6.45) is 0. The summed E-state index contributed by atoms with van der Waals surface area (Å²) in [5.41, 5.74) is 0.803. The van der Waals surface area contributed by atoms with Gasteiger partial charge in [0.1, 0.15) is 5.75 Å². The zero-order valence-corrected chi connectivity index (χ0v) is 14.5. The number of hydrogen-bond acceptors (Lipinski definition) is 3. The molecule has 0 saturated carbocycles. The van der Waals surface area contributed by atoms with Gasteiger partial charge >= 0.3 is 6.61 Å². The Morgan fingerprint density at radius 3 is 2.75 bits per heavy atom. The predicted octanol–water partition coefficient (Wildman–Crippen LogP) is 3.91. The fourth-order valence-corrected chi connectivity index (χ4v) is 2.91. The van der Waals surface area contributed by atoms with Gasteiger partial charge in [0.2, 0.25) is 0 Å². The number of ether oxygens (including phenoxy) is 1. The molecule has 0 radical (unpaired) electrons. The first kappa shape index (κ1) is 18.2. The van der Waals surface area contributed by atoms with Gasteiger partial charge in [-0.3, -0.25) is 0 Å². The van der Waals surface area contributed by atoms with E-state index in [2.05, 4.69) is 39.4 Å². The minimum absolute atomic E-state index is 0.143. The van der Waals surface area contributed by atoms with Gasteiger partial charge < -0.3 is 15.4 Å². The minimum atomic E-state index is -2.82. The number of guanidine groups is 1. The molecule has 130 valence electrons. The zero-order chi connectivity index (χ0) is 17.4. The van der Waals surface area contributed by atoms with E-state index in [0.29, 0.717) is 19.0 Å². The van der Waals surface area contributed by atoms with Gasteiger partial charge in [-0.2, -0.15) is 8.78 Å². The first-order chi connectivity index (χ1) is 11.6. The van der Waals surface area contributed by atoms with Crippen LogP contribution in [-0.4, -0.2) is 19.1 Å². The number of hydrogen-bond donors (Lipinski definition) is 2. The van der Waals surface area contributed by atoms with Crippen LogP contribution in [0.15, 0.2) is 41.4 Å². The van der Waals surface area contributed by atoms with Crippen LogP contribution in [0, 0.1) is 6.92 Å². The first-order valence-corrected chi connectivity index (χ1v) is 8.49. The molecule has 0 saturated heterocycles. The van der Waals surface area contributed by atoms with E-state index in [1.807, 2.05) is 13.0 Å². The van der Waals surface area contributed by atoms with Crippen molar-refractivity contribution in [3.05, 3.63) is 51.7 Å². The quantitative estimate of drug-likeness (QED) is 0.586. The molecule has 0 bridgehead atoms. The lowest BCUT2D eigenvalue weighted by Crippen LogP contribution is -2.36. The molecule has 0 aliphatic carbocycles. The number of benzene rings is 1. The Hall–Kier alpha value is -2.15. The van der Waals surface area contributed by atoms with Crippen LogP contribution in [0.1, 0.15) is 22.2 Å². The summed E-state index contributed by atoms with van der Waals surface area (Å²) in [5.74, 6) is 0.827. The number of alkyl halides is 2. The van der Waals surface area contributed by atoms with Gasteiger partial charge in [-0.1, -0.05) is 12.1 Å². The fraction of sp³-hybridized carbons (Fsp3) is 0.353. The van der Waals surface area contributed by atoms with Gasteiger partial charge in [-0.15, -0.1) is 11.3 Å². The number of halogens is 2. The van der Waals surface area contributed by atoms with Crippen molar-refractivity contribution in [1.29, 1.82) is 0 Å². The van der Waals surface area contributed by atoms with Gasteiger partial charge in [0.05, 0.1) is 13.1 Å². The average Bonchev–Trinajstić information content (AvgIpc) is 2.95. The lowest BCUT2D eigenvalue weighted by atomic mass is 10.2. The number of nitrogens with zero attached hydrogens (tertiary/aromatic N) is 1. The van der Waals surface area contributed by atoms with Crippen molar-refractivity contribution in [3.63, 3.8) is 0 Å². The van der Waals surface area contributed by atoms with E-state index >= 15 is 0 Å². The smallest absolute Gasteiger partial charge is 0.387 e. The molecule has 1 aromatic heterocycles. The Morgan fingerprint density at radius 1 is 1.25 bits per heavy atom. The molecule has 1 heterocycles. The van der Waals surface area contributed by atoms with Crippen LogP contribution >= 0.6 is 11.3 Å². The molecular formula is C17H21F2N3OS. The van der Waals surface area contributed by atoms with Gasteiger partial charge in [0.15, 0.2) is 5.96 Å². The van der Waals surface area contributed by atoms with Crippen molar-refractivity contribution >= 4 is 17.3 Å². The number of nitrogens with one attached hydrogen (secondary N) is 2. The fourth-order valence-electron chi connectivity index (χ4n) is 2.08. The topological polar surface area (TPSA) is 45.7 Å². The van der Waals surface area contributed by atoms with Crippen molar-refractivity contribution in [3.8, 4) is 5.75 Å². The lowest BCUT2D eigenvalue weighted by Gasteiger charge is -2.11. The monoisotopic (exact) mass is 353 g/mol. The van der Waals surface area contributed by atoms with Crippen LogP contribution in [-0.2, 0) is 13.1 Å². The molecular weight excluding hydrogens is 332 g/mol. The van der Waals surface area contributed by atoms with E-state index in [1.165, 1.54) is 15.8 Å². The molecule has 2 N–H and O–H groups in total. The lowest BCUT2D eigenvalue weighted by molar-refractivity contribution is -0.0498. The van der Waals surface area contributed by atoms with Crippen molar-refractivity contribution in [2.24, 2.45) is 4.99 Å². The largest absolute Gasteiger partial charge is 0.435 e. The molecule has 0 spiro atoms. The molecule has 0 aliphatic heterocycles. The molecule has 24 heavy (non-hydrogen) atoms. The molecule has 0 amide bonds. The molecule has 1 aromatic carbocycles. The normalized spacial score (nSPS) is 11.6. The van der Waals surface area contributed by atoms with E-state index in [4.69, 9.17) is 0 Å². The van der Waals surface area contributed by atoms with Crippen LogP contribution in [0.4, 0.5) is 8.78 Å². The van der Waals surface area contributed by atoms with E-state index in [1.54, 1.807) is 23.5 Å². The Labute approximate surface area is 144 Å². The highest BCUT2D eigenvalue weighted by atomic mass is 32.1. The maximum Gasteiger partial charge on any atom is 0.387 e. The molecule has 7 heteroatoms. The minimum Gasteiger partial charge on any atom is -0.435 e. The van der Waals surface area contributed by atoms with Crippen LogP contribution < -0.4 is 15.4 Å². The van der Waals surface area contributed by atoms with Gasteiger partial charge in [0.25, 0.3) is 0 Å². The molecule has 0 fully saturated rings. The summed E-state index contributed by atoms with van der Waals surface area (Å²) in [5, 5.41) is 6.43. The summed E-state index contributed by atoms with van der Waals surface area (Å²) in [6, 6.07) is 10.7. The van der Waals surface area contributed by atoms with Crippen LogP contribution in [0.5, 0.6) is 5.75 Å². The summed E-state index contributed by atoms with van der Waals surface area (Å²) in [7, 11) is 0. The zero-order valence-electron chi connectivity index (χ0n) is 13.7. The standard InChI is InChI=1S/C17H21F2N3OS/c1-3-20-17(22-11-15-8-7-12(2)24-15)21-10-13-5-4-6-14(9-13)23-16(18)19/h4-9,16H,3,10-11H2,1-2H3,(H2,20,21,22). The van der Waals surface area contributed by atoms with Crippen molar-refractivity contribution in [1.82, 2.24) is 10.6 Å². The Balaban J connectivity index is 1.97. The SMILES string of the molecule is CCNC(=NCc1cccc(OC(F)F)c1)NCc1ccc(C)s1. The Morgan fingerprint density at radius 2 is 2.08 bits per heavy atom. The molecule has 0 aliphatic rings. The third-order valence-electron chi connectivity index (χ3n) is 3.11. The van der Waals surface area contributed by atoms with Crippen LogP contribution in [0.3, 0.4) is 0 Å². The van der Waals surface area contributed by atoms with Gasteiger partial charge in [-0.25, -0.2) is 4.99 Å². The third-order valence-corrected chi connectivity index (χ3v) is 4.11. The highest BCUT2D eigenvalue weighted by Crippen LogP contribution is 2.17. The maximum atomic E-state index is 12.3. The second-order valence-electron chi connectivity index (χ2n) is 5.09. The Kier molecular flexibility index (Phi) is 6.99. The second-order valence-corrected chi connectivity index (χ2v) is 6.46. The highest BCUT2D eigenvalue weighted by Gasteiger charge is 2.05. The summed E-state index contributed by atoms with van der Waals surface area (Å²) >= 11 is 1.74. The Bertz CT molecular complexity index is 673. The second kappa shape index (κ2) is 9.22. The van der Waals surface area contributed by atoms with E-state index in [0.717, 1.165) is 12.1 Å². The average molecular weight is 353 g/mol. The van der Waals surface area contributed by atoms with Crippen molar-refractivity contribution in [2.45, 2.75) is 33.5 Å². The number of rotatable bonds is 7. The van der Waals surface area contributed by atoms with E-state index < -0.39 is 6.61 Å². The molecule has 2 aromatic rings. The van der Waals surface area contributed by atoms with Gasteiger partial charge in [-0.05, 0) is 43.7 Å². The van der Waals surface area contributed by atoms with E-state index in [-0.39, 0.29) is 5.75 Å². The molecule has 2 rings (SSSR count). The predicted molar refractivity (Wildman–Crippen MR) is 93.8 cm³/mol. The first-order valence-electron chi connectivity index (χ1n) is 7.68. The number of aryl methyl sites for hydroxylation is 1. The van der Waals surface area contributed by atoms with Gasteiger partial charge in [0, 0.05) is 16.3 Å². The summed E-state index contributed by atoms with van der Waals surface area (Å²) < 4.78 is 28.9. The molecule has 4 nitrogen and oxygen atoms in total. The van der Waals surface area contributed by atoms with Crippen molar-refractivity contribution < 1.29 is 13.5 Å².